The van der Waals surface area contributed by atoms with Crippen LogP contribution >= 0.6 is 0 Å². The molecule has 0 atom stereocenters. The molecule has 0 fully saturated rings. The Morgan fingerprint density at radius 3 is 2.79 bits per heavy atom. The van der Waals surface area contributed by atoms with Crippen molar-refractivity contribution in [3.8, 4) is 0 Å². The smallest absolute Gasteiger partial charge is 0.256 e. The molecule has 1 aromatic heterocycles. The van der Waals surface area contributed by atoms with Crippen LogP contribution in [-0.2, 0) is 11.3 Å². The molecule has 19 heavy (non-hydrogen) atoms. The van der Waals surface area contributed by atoms with Gasteiger partial charge in [0.1, 0.15) is 5.82 Å². The van der Waals surface area contributed by atoms with Gasteiger partial charge in [0, 0.05) is 18.4 Å². The molecule has 1 aromatic carbocycles. The average Bonchev–Trinajstić information content (AvgIpc) is 2.39. The van der Waals surface area contributed by atoms with E-state index in [4.69, 9.17) is 4.74 Å². The SMILES string of the molecule is COCc1cccc(C(=O)Nc2cccc(C)n2)c1. The monoisotopic (exact) mass is 256 g/mol. The molecule has 0 spiro atoms. The molecule has 0 aliphatic heterocycles. The molecule has 0 saturated heterocycles. The summed E-state index contributed by atoms with van der Waals surface area (Å²) in [7, 11) is 1.63. The standard InChI is InChI=1S/C15H16N2O2/c1-11-5-3-8-14(16-11)17-15(18)13-7-4-6-12(9-13)10-19-2/h3-9H,10H2,1-2H3,(H,16,17,18). The normalized spacial score (nSPS) is 10.2. The second kappa shape index (κ2) is 6.11. The summed E-state index contributed by atoms with van der Waals surface area (Å²) in [6.45, 7) is 2.37. The molecule has 2 rings (SSSR count). The van der Waals surface area contributed by atoms with Gasteiger partial charge in [-0.1, -0.05) is 18.2 Å². The van der Waals surface area contributed by atoms with Gasteiger partial charge in [-0.15, -0.1) is 0 Å². The molecule has 4 nitrogen and oxygen atoms in total. The van der Waals surface area contributed by atoms with Gasteiger partial charge in [0.2, 0.25) is 0 Å². The quantitative estimate of drug-likeness (QED) is 0.915. The first-order chi connectivity index (χ1) is 9.19. The zero-order valence-corrected chi connectivity index (χ0v) is 11.0. The van der Waals surface area contributed by atoms with Crippen LogP contribution in [-0.4, -0.2) is 18.0 Å². The van der Waals surface area contributed by atoms with Crippen molar-refractivity contribution in [2.24, 2.45) is 0 Å². The van der Waals surface area contributed by atoms with Crippen LogP contribution in [0, 0.1) is 6.92 Å². The van der Waals surface area contributed by atoms with Crippen LogP contribution in [0.5, 0.6) is 0 Å². The molecular weight excluding hydrogens is 240 g/mol. The summed E-state index contributed by atoms with van der Waals surface area (Å²) in [4.78, 5) is 16.3. The highest BCUT2D eigenvalue weighted by atomic mass is 16.5. The lowest BCUT2D eigenvalue weighted by atomic mass is 10.1. The molecular formula is C15H16N2O2. The van der Waals surface area contributed by atoms with E-state index in [0.29, 0.717) is 18.0 Å². The van der Waals surface area contributed by atoms with Crippen LogP contribution in [0.25, 0.3) is 0 Å². The van der Waals surface area contributed by atoms with Gasteiger partial charge in [-0.2, -0.15) is 0 Å². The van der Waals surface area contributed by atoms with Crippen molar-refractivity contribution >= 4 is 11.7 Å². The topological polar surface area (TPSA) is 51.2 Å². The Morgan fingerprint density at radius 1 is 1.26 bits per heavy atom. The van der Waals surface area contributed by atoms with Crippen molar-refractivity contribution in [2.75, 3.05) is 12.4 Å². The number of hydrogen-bond donors (Lipinski definition) is 1. The van der Waals surface area contributed by atoms with Gasteiger partial charge in [-0.05, 0) is 36.8 Å². The number of pyridine rings is 1. The van der Waals surface area contributed by atoms with E-state index in [1.807, 2.05) is 37.3 Å². The summed E-state index contributed by atoms with van der Waals surface area (Å²) < 4.78 is 5.05. The fourth-order valence-electron chi connectivity index (χ4n) is 1.77. The minimum Gasteiger partial charge on any atom is -0.380 e. The lowest BCUT2D eigenvalue weighted by Gasteiger charge is -2.06. The second-order valence-corrected chi connectivity index (χ2v) is 4.25. The predicted molar refractivity (Wildman–Crippen MR) is 74.1 cm³/mol. The lowest BCUT2D eigenvalue weighted by molar-refractivity contribution is 0.102. The van der Waals surface area contributed by atoms with Crippen molar-refractivity contribution in [1.29, 1.82) is 0 Å². The summed E-state index contributed by atoms with van der Waals surface area (Å²) >= 11 is 0. The fraction of sp³-hybridized carbons (Fsp3) is 0.200. The molecule has 98 valence electrons. The molecule has 0 radical (unpaired) electrons. The van der Waals surface area contributed by atoms with Gasteiger partial charge in [-0.3, -0.25) is 4.79 Å². The number of nitrogens with zero attached hydrogens (tertiary/aromatic N) is 1. The maximum absolute atomic E-state index is 12.1. The molecule has 2 aromatic rings. The van der Waals surface area contributed by atoms with Gasteiger partial charge in [-0.25, -0.2) is 4.98 Å². The van der Waals surface area contributed by atoms with E-state index < -0.39 is 0 Å². The third-order valence-corrected chi connectivity index (χ3v) is 2.63. The van der Waals surface area contributed by atoms with Crippen LogP contribution in [0.4, 0.5) is 5.82 Å². The maximum atomic E-state index is 12.1. The van der Waals surface area contributed by atoms with Crippen LogP contribution < -0.4 is 5.32 Å². The number of methoxy groups -OCH3 is 1. The van der Waals surface area contributed by atoms with Crippen molar-refractivity contribution < 1.29 is 9.53 Å². The van der Waals surface area contributed by atoms with Crippen molar-refractivity contribution in [2.45, 2.75) is 13.5 Å². The number of rotatable bonds is 4. The number of anilines is 1. The van der Waals surface area contributed by atoms with Gasteiger partial charge >= 0.3 is 0 Å². The number of hydrogen-bond acceptors (Lipinski definition) is 3. The fourth-order valence-corrected chi connectivity index (χ4v) is 1.77. The van der Waals surface area contributed by atoms with E-state index in [-0.39, 0.29) is 5.91 Å². The first-order valence-corrected chi connectivity index (χ1v) is 6.02. The molecule has 0 unspecified atom stereocenters. The third kappa shape index (κ3) is 3.63. The minimum absolute atomic E-state index is 0.170. The number of nitrogens with one attached hydrogen (secondary N) is 1. The Hall–Kier alpha value is -2.20. The second-order valence-electron chi connectivity index (χ2n) is 4.25. The minimum atomic E-state index is -0.170. The van der Waals surface area contributed by atoms with Gasteiger partial charge in [0.15, 0.2) is 0 Å². The summed E-state index contributed by atoms with van der Waals surface area (Å²) in [5.41, 5.74) is 2.43. The van der Waals surface area contributed by atoms with Crippen molar-refractivity contribution in [3.05, 3.63) is 59.3 Å². The summed E-state index contributed by atoms with van der Waals surface area (Å²) in [6, 6.07) is 12.9. The number of ether oxygens (including phenoxy) is 1. The molecule has 4 heteroatoms. The Morgan fingerprint density at radius 2 is 2.05 bits per heavy atom. The lowest BCUT2D eigenvalue weighted by Crippen LogP contribution is -2.13. The number of carbonyl (C=O) groups is 1. The molecule has 0 aliphatic rings. The first-order valence-electron chi connectivity index (χ1n) is 6.02. The molecule has 1 amide bonds. The van der Waals surface area contributed by atoms with Gasteiger partial charge < -0.3 is 10.1 Å². The molecule has 1 heterocycles. The number of aryl methyl sites for hydroxylation is 1. The Balaban J connectivity index is 2.13. The van der Waals surface area contributed by atoms with Crippen LogP contribution in [0.15, 0.2) is 42.5 Å². The summed E-state index contributed by atoms with van der Waals surface area (Å²) in [5, 5.41) is 2.78. The summed E-state index contributed by atoms with van der Waals surface area (Å²) in [6.07, 6.45) is 0. The van der Waals surface area contributed by atoms with Crippen molar-refractivity contribution in [1.82, 2.24) is 4.98 Å². The molecule has 0 saturated carbocycles. The van der Waals surface area contributed by atoms with Crippen molar-refractivity contribution in [3.63, 3.8) is 0 Å². The predicted octanol–water partition coefficient (Wildman–Crippen LogP) is 2.79. The Kier molecular flexibility index (Phi) is 4.26. The van der Waals surface area contributed by atoms with E-state index in [1.165, 1.54) is 0 Å². The van der Waals surface area contributed by atoms with Gasteiger partial charge in [0.25, 0.3) is 5.91 Å². The third-order valence-electron chi connectivity index (χ3n) is 2.63. The molecule has 1 N–H and O–H groups in total. The number of aromatic nitrogens is 1. The average molecular weight is 256 g/mol. The number of amides is 1. The Bertz CT molecular complexity index is 582. The van der Waals surface area contributed by atoms with Crippen LogP contribution in [0.3, 0.4) is 0 Å². The zero-order chi connectivity index (χ0) is 13.7. The highest BCUT2D eigenvalue weighted by Crippen LogP contribution is 2.10. The highest BCUT2D eigenvalue weighted by molar-refractivity contribution is 6.03. The number of carbonyl (C=O) groups excluding carboxylic acids is 1. The van der Waals surface area contributed by atoms with E-state index >= 15 is 0 Å². The van der Waals surface area contributed by atoms with Gasteiger partial charge in [0.05, 0.1) is 6.61 Å². The van der Waals surface area contributed by atoms with E-state index in [0.717, 1.165) is 11.3 Å². The highest BCUT2D eigenvalue weighted by Gasteiger charge is 2.07. The zero-order valence-electron chi connectivity index (χ0n) is 11.0. The van der Waals surface area contributed by atoms with Crippen LogP contribution in [0.1, 0.15) is 21.6 Å². The maximum Gasteiger partial charge on any atom is 0.256 e. The summed E-state index contributed by atoms with van der Waals surface area (Å²) in [5.74, 6) is 0.387. The van der Waals surface area contributed by atoms with E-state index in [2.05, 4.69) is 10.3 Å². The van der Waals surface area contributed by atoms with E-state index in [9.17, 15) is 4.79 Å². The van der Waals surface area contributed by atoms with Crippen LogP contribution in [0.2, 0.25) is 0 Å². The Labute approximate surface area is 112 Å². The number of benzene rings is 1. The van der Waals surface area contributed by atoms with E-state index in [1.54, 1.807) is 19.2 Å². The molecule has 0 bridgehead atoms. The largest absolute Gasteiger partial charge is 0.380 e. The molecule has 0 aliphatic carbocycles. The first kappa shape index (κ1) is 13.2.